The molecule has 16 heavy (non-hydrogen) atoms. The van der Waals surface area contributed by atoms with Gasteiger partial charge in [-0.1, -0.05) is 17.7 Å². The number of halogens is 2. The number of hydrazine groups is 1. The number of amides is 1. The van der Waals surface area contributed by atoms with Crippen LogP contribution in [0.2, 0.25) is 5.02 Å². The molecule has 0 aromatic heterocycles. The number of benzene rings is 1. The lowest BCUT2D eigenvalue weighted by Gasteiger charge is -2.11. The van der Waals surface area contributed by atoms with Gasteiger partial charge in [-0.05, 0) is 28.1 Å². The summed E-state index contributed by atoms with van der Waals surface area (Å²) in [6.07, 6.45) is 0. The van der Waals surface area contributed by atoms with E-state index in [2.05, 4.69) is 32.1 Å². The second-order valence-corrected chi connectivity index (χ2v) is 4.77. The van der Waals surface area contributed by atoms with Crippen LogP contribution < -0.4 is 16.2 Å². The maximum atomic E-state index is 11.9. The van der Waals surface area contributed by atoms with Crippen LogP contribution in [0.15, 0.2) is 22.7 Å². The van der Waals surface area contributed by atoms with Crippen molar-refractivity contribution in [3.05, 3.63) is 33.3 Å². The Hall–Kier alpha value is -0.620. The molecule has 1 aromatic rings. The summed E-state index contributed by atoms with van der Waals surface area (Å²) >= 11 is 9.33. The van der Waals surface area contributed by atoms with Gasteiger partial charge in [0.15, 0.2) is 0 Å². The quantitative estimate of drug-likeness (QED) is 0.772. The molecule has 6 heteroatoms. The lowest BCUT2D eigenvalue weighted by Crippen LogP contribution is -2.38. The summed E-state index contributed by atoms with van der Waals surface area (Å²) in [5, 5.41) is 3.34. The Morgan fingerprint density at radius 1 is 1.44 bits per heavy atom. The maximum absolute atomic E-state index is 11.9. The molecule has 0 atom stereocenters. The fourth-order valence-electron chi connectivity index (χ4n) is 1.51. The van der Waals surface area contributed by atoms with Crippen molar-refractivity contribution >= 4 is 33.4 Å². The zero-order valence-electron chi connectivity index (χ0n) is 8.39. The van der Waals surface area contributed by atoms with Gasteiger partial charge in [0, 0.05) is 17.6 Å². The number of carbonyl (C=O) groups is 1. The summed E-state index contributed by atoms with van der Waals surface area (Å²) in [5.41, 5.74) is 6.39. The first-order valence-electron chi connectivity index (χ1n) is 4.89. The number of rotatable bonds is 2. The fraction of sp³-hybridized carbons (Fsp3) is 0.300. The first-order valence-corrected chi connectivity index (χ1v) is 6.06. The highest BCUT2D eigenvalue weighted by Crippen LogP contribution is 2.25. The Morgan fingerprint density at radius 2 is 2.12 bits per heavy atom. The molecular formula is C10H11BrClN3O. The summed E-state index contributed by atoms with van der Waals surface area (Å²) in [7, 11) is 0. The highest BCUT2D eigenvalue weighted by atomic mass is 79.9. The highest BCUT2D eigenvalue weighted by Gasteiger charge is 2.19. The van der Waals surface area contributed by atoms with E-state index in [1.165, 1.54) is 0 Å². The van der Waals surface area contributed by atoms with E-state index >= 15 is 0 Å². The predicted molar refractivity (Wildman–Crippen MR) is 66.4 cm³/mol. The molecule has 0 aliphatic carbocycles. The van der Waals surface area contributed by atoms with Crippen molar-refractivity contribution in [2.45, 2.75) is 6.04 Å². The maximum Gasteiger partial charge on any atom is 0.253 e. The molecule has 3 N–H and O–H groups in total. The number of carbonyl (C=O) groups excluding carboxylic acids is 1. The summed E-state index contributed by atoms with van der Waals surface area (Å²) in [5.74, 6) is -0.151. The lowest BCUT2D eigenvalue weighted by molar-refractivity contribution is 0.0942. The molecule has 1 fully saturated rings. The van der Waals surface area contributed by atoms with Crippen LogP contribution in [0.5, 0.6) is 0 Å². The van der Waals surface area contributed by atoms with E-state index in [-0.39, 0.29) is 11.9 Å². The van der Waals surface area contributed by atoms with Gasteiger partial charge in [-0.2, -0.15) is 0 Å². The summed E-state index contributed by atoms with van der Waals surface area (Å²) in [6, 6.07) is 5.40. The van der Waals surface area contributed by atoms with Gasteiger partial charge in [-0.3, -0.25) is 15.6 Å². The number of nitrogens with one attached hydrogen (secondary N) is 3. The SMILES string of the molecule is O=C(NC1CNNC1)c1cccc(Br)c1Cl. The molecule has 0 unspecified atom stereocenters. The average Bonchev–Trinajstić information content (AvgIpc) is 2.74. The van der Waals surface area contributed by atoms with Crippen molar-refractivity contribution in [2.75, 3.05) is 13.1 Å². The van der Waals surface area contributed by atoms with Crippen LogP contribution in [0.3, 0.4) is 0 Å². The largest absolute Gasteiger partial charge is 0.347 e. The molecule has 0 spiro atoms. The molecule has 1 aromatic carbocycles. The topological polar surface area (TPSA) is 53.2 Å². The molecule has 0 radical (unpaired) electrons. The van der Waals surface area contributed by atoms with Crippen LogP contribution in [0, 0.1) is 0 Å². The molecule has 0 bridgehead atoms. The van der Waals surface area contributed by atoms with Crippen LogP contribution in [0.25, 0.3) is 0 Å². The van der Waals surface area contributed by atoms with Gasteiger partial charge in [-0.15, -0.1) is 0 Å². The third-order valence-corrected chi connectivity index (χ3v) is 3.65. The molecule has 2 rings (SSSR count). The molecule has 0 saturated carbocycles. The smallest absolute Gasteiger partial charge is 0.253 e. The van der Waals surface area contributed by atoms with E-state index < -0.39 is 0 Å². The van der Waals surface area contributed by atoms with E-state index in [0.29, 0.717) is 10.6 Å². The van der Waals surface area contributed by atoms with E-state index in [1.807, 2.05) is 0 Å². The molecule has 4 nitrogen and oxygen atoms in total. The molecule has 1 heterocycles. The molecule has 1 saturated heterocycles. The van der Waals surface area contributed by atoms with E-state index in [0.717, 1.165) is 17.6 Å². The van der Waals surface area contributed by atoms with Crippen LogP contribution in [0.1, 0.15) is 10.4 Å². The van der Waals surface area contributed by atoms with Gasteiger partial charge in [-0.25, -0.2) is 0 Å². The van der Waals surface area contributed by atoms with E-state index in [9.17, 15) is 4.79 Å². The third-order valence-electron chi connectivity index (χ3n) is 2.35. The van der Waals surface area contributed by atoms with Crippen LogP contribution in [0.4, 0.5) is 0 Å². The molecule has 1 amide bonds. The van der Waals surface area contributed by atoms with Crippen molar-refractivity contribution in [1.82, 2.24) is 16.2 Å². The second kappa shape index (κ2) is 5.14. The first kappa shape index (κ1) is 11.9. The van der Waals surface area contributed by atoms with Crippen LogP contribution >= 0.6 is 27.5 Å². The third kappa shape index (κ3) is 2.55. The minimum atomic E-state index is -0.151. The number of hydrogen-bond donors (Lipinski definition) is 3. The predicted octanol–water partition coefficient (Wildman–Crippen LogP) is 1.31. The lowest BCUT2D eigenvalue weighted by atomic mass is 10.2. The Kier molecular flexibility index (Phi) is 3.81. The van der Waals surface area contributed by atoms with Crippen molar-refractivity contribution in [3.63, 3.8) is 0 Å². The standard InChI is InChI=1S/C10H11BrClN3O/c11-8-3-1-2-7(9(8)12)10(16)15-6-4-13-14-5-6/h1-3,6,13-14H,4-5H2,(H,15,16). The molecule has 1 aliphatic heterocycles. The Labute approximate surface area is 107 Å². The fourth-order valence-corrected chi connectivity index (χ4v) is 2.09. The first-order chi connectivity index (χ1) is 7.68. The van der Waals surface area contributed by atoms with Crippen molar-refractivity contribution in [1.29, 1.82) is 0 Å². The number of hydrogen-bond acceptors (Lipinski definition) is 3. The minimum absolute atomic E-state index is 0.0996. The van der Waals surface area contributed by atoms with Gasteiger partial charge in [0.25, 0.3) is 5.91 Å². The van der Waals surface area contributed by atoms with Crippen molar-refractivity contribution in [2.24, 2.45) is 0 Å². The van der Waals surface area contributed by atoms with E-state index in [4.69, 9.17) is 11.6 Å². The van der Waals surface area contributed by atoms with Gasteiger partial charge < -0.3 is 5.32 Å². The monoisotopic (exact) mass is 303 g/mol. The van der Waals surface area contributed by atoms with Gasteiger partial charge >= 0.3 is 0 Å². The minimum Gasteiger partial charge on any atom is -0.347 e. The normalized spacial score (nSPS) is 16.4. The van der Waals surface area contributed by atoms with Gasteiger partial charge in [0.2, 0.25) is 0 Å². The summed E-state index contributed by atoms with van der Waals surface area (Å²) < 4.78 is 0.726. The zero-order valence-corrected chi connectivity index (χ0v) is 10.7. The Morgan fingerprint density at radius 3 is 2.81 bits per heavy atom. The Bertz CT molecular complexity index is 407. The Balaban J connectivity index is 2.11. The molecule has 86 valence electrons. The summed E-state index contributed by atoms with van der Waals surface area (Å²) in [6.45, 7) is 1.44. The zero-order chi connectivity index (χ0) is 11.5. The molecular weight excluding hydrogens is 293 g/mol. The van der Waals surface area contributed by atoms with Crippen molar-refractivity contribution < 1.29 is 4.79 Å². The van der Waals surface area contributed by atoms with Gasteiger partial charge in [0.1, 0.15) is 0 Å². The van der Waals surface area contributed by atoms with Gasteiger partial charge in [0.05, 0.1) is 16.6 Å². The average molecular weight is 305 g/mol. The molecule has 1 aliphatic rings. The summed E-state index contributed by atoms with van der Waals surface area (Å²) in [4.78, 5) is 11.9. The second-order valence-electron chi connectivity index (χ2n) is 3.53. The van der Waals surface area contributed by atoms with Crippen LogP contribution in [-0.4, -0.2) is 25.0 Å². The highest BCUT2D eigenvalue weighted by molar-refractivity contribution is 9.10. The van der Waals surface area contributed by atoms with Crippen LogP contribution in [-0.2, 0) is 0 Å². The van der Waals surface area contributed by atoms with Crippen molar-refractivity contribution in [3.8, 4) is 0 Å². The van der Waals surface area contributed by atoms with E-state index in [1.54, 1.807) is 18.2 Å².